The number of methoxy groups -OCH3 is 1. The average Bonchev–Trinajstić information content (AvgIpc) is 2.68. The van der Waals surface area contributed by atoms with Crippen LogP contribution < -0.4 is 14.8 Å². The first-order chi connectivity index (χ1) is 13.5. The Labute approximate surface area is 173 Å². The zero-order valence-electron chi connectivity index (χ0n) is 16.2. The van der Waals surface area contributed by atoms with Crippen molar-refractivity contribution in [3.8, 4) is 11.5 Å². The minimum atomic E-state index is -0.285. The summed E-state index contributed by atoms with van der Waals surface area (Å²) >= 11 is 3.56. The van der Waals surface area contributed by atoms with Crippen LogP contribution in [0.4, 0.5) is 10.1 Å². The van der Waals surface area contributed by atoms with Gasteiger partial charge < -0.3 is 14.8 Å². The number of aryl methyl sites for hydroxylation is 2. The summed E-state index contributed by atoms with van der Waals surface area (Å²) in [5, 5.41) is 3.47. The molecule has 5 heteroatoms. The molecule has 3 aromatic rings. The lowest BCUT2D eigenvalue weighted by Crippen LogP contribution is -2.04. The Morgan fingerprint density at radius 2 is 1.82 bits per heavy atom. The summed E-state index contributed by atoms with van der Waals surface area (Å²) in [6.45, 7) is 4.93. The number of nitrogens with one attached hydrogen (secondary N) is 1. The highest BCUT2D eigenvalue weighted by Gasteiger charge is 2.13. The fourth-order valence-electron chi connectivity index (χ4n) is 2.90. The molecular weight excluding hydrogens is 421 g/mol. The van der Waals surface area contributed by atoms with Gasteiger partial charge in [-0.2, -0.15) is 0 Å². The first-order valence-corrected chi connectivity index (χ1v) is 9.81. The highest BCUT2D eigenvalue weighted by molar-refractivity contribution is 9.10. The zero-order valence-corrected chi connectivity index (χ0v) is 17.8. The van der Waals surface area contributed by atoms with Gasteiger partial charge in [-0.3, -0.25) is 0 Å². The van der Waals surface area contributed by atoms with Gasteiger partial charge in [-0.1, -0.05) is 30.3 Å². The predicted molar refractivity (Wildman–Crippen MR) is 115 cm³/mol. The molecule has 0 unspecified atom stereocenters. The molecule has 0 aliphatic heterocycles. The summed E-state index contributed by atoms with van der Waals surface area (Å²) < 4.78 is 25.9. The average molecular weight is 444 g/mol. The van der Waals surface area contributed by atoms with E-state index >= 15 is 0 Å². The molecule has 3 aromatic carbocycles. The number of hydrogen-bond donors (Lipinski definition) is 1. The van der Waals surface area contributed by atoms with Crippen molar-refractivity contribution >= 4 is 21.6 Å². The molecule has 28 heavy (non-hydrogen) atoms. The molecule has 0 spiro atoms. The summed E-state index contributed by atoms with van der Waals surface area (Å²) in [6, 6.07) is 16.8. The van der Waals surface area contributed by atoms with E-state index in [1.54, 1.807) is 25.3 Å². The molecule has 0 saturated carbocycles. The molecule has 146 valence electrons. The van der Waals surface area contributed by atoms with E-state index in [9.17, 15) is 4.39 Å². The van der Waals surface area contributed by atoms with Crippen LogP contribution in [0.1, 0.15) is 22.3 Å². The van der Waals surface area contributed by atoms with Gasteiger partial charge in [0.25, 0.3) is 0 Å². The van der Waals surface area contributed by atoms with Crippen molar-refractivity contribution in [2.24, 2.45) is 0 Å². The Kier molecular flexibility index (Phi) is 6.57. The van der Waals surface area contributed by atoms with E-state index in [1.807, 2.05) is 12.1 Å². The highest BCUT2D eigenvalue weighted by Crippen LogP contribution is 2.37. The van der Waals surface area contributed by atoms with E-state index in [2.05, 4.69) is 53.3 Å². The number of anilines is 1. The van der Waals surface area contributed by atoms with Crippen LogP contribution in [0.2, 0.25) is 0 Å². The molecule has 0 radical (unpaired) electrons. The van der Waals surface area contributed by atoms with E-state index in [0.717, 1.165) is 15.7 Å². The molecule has 0 atom stereocenters. The maximum absolute atomic E-state index is 13.8. The van der Waals surface area contributed by atoms with Crippen molar-refractivity contribution < 1.29 is 13.9 Å². The van der Waals surface area contributed by atoms with Crippen LogP contribution >= 0.6 is 15.9 Å². The number of rotatable bonds is 7. The van der Waals surface area contributed by atoms with Crippen LogP contribution in [0.5, 0.6) is 11.5 Å². The molecule has 0 aliphatic carbocycles. The predicted octanol–water partition coefficient (Wildman–Crippen LogP) is 6.40. The van der Waals surface area contributed by atoms with Gasteiger partial charge in [0.2, 0.25) is 0 Å². The van der Waals surface area contributed by atoms with Gasteiger partial charge >= 0.3 is 0 Å². The van der Waals surface area contributed by atoms with E-state index < -0.39 is 0 Å². The molecule has 0 heterocycles. The second-order valence-corrected chi connectivity index (χ2v) is 7.52. The quantitative estimate of drug-likeness (QED) is 0.457. The normalized spacial score (nSPS) is 10.6. The maximum Gasteiger partial charge on any atom is 0.175 e. The first-order valence-electron chi connectivity index (χ1n) is 9.01. The monoisotopic (exact) mass is 443 g/mol. The molecular formula is C23H23BrFNO2. The topological polar surface area (TPSA) is 30.5 Å². The molecule has 0 bridgehead atoms. The Balaban J connectivity index is 1.75. The second kappa shape index (κ2) is 9.11. The van der Waals surface area contributed by atoms with E-state index in [1.165, 1.54) is 17.2 Å². The number of halogens is 2. The van der Waals surface area contributed by atoms with Crippen LogP contribution in [-0.2, 0) is 13.2 Å². The molecule has 3 rings (SSSR count). The fourth-order valence-corrected chi connectivity index (χ4v) is 3.51. The summed E-state index contributed by atoms with van der Waals surface area (Å²) in [4.78, 5) is 0. The molecule has 0 amide bonds. The van der Waals surface area contributed by atoms with Crippen LogP contribution in [0.15, 0.2) is 59.1 Å². The van der Waals surface area contributed by atoms with Crippen LogP contribution in [0, 0.1) is 19.7 Å². The van der Waals surface area contributed by atoms with Gasteiger partial charge in [0.1, 0.15) is 12.4 Å². The van der Waals surface area contributed by atoms with Crippen molar-refractivity contribution in [1.82, 2.24) is 0 Å². The van der Waals surface area contributed by atoms with Gasteiger partial charge in [-0.05, 0) is 70.7 Å². The van der Waals surface area contributed by atoms with Crippen LogP contribution in [0.25, 0.3) is 0 Å². The molecule has 1 N–H and O–H groups in total. The lowest BCUT2D eigenvalue weighted by atomic mass is 10.1. The molecule has 3 nitrogen and oxygen atoms in total. The maximum atomic E-state index is 13.8. The minimum absolute atomic E-state index is 0.127. The molecule has 0 saturated heterocycles. The number of hydrogen-bond acceptors (Lipinski definition) is 3. The van der Waals surface area contributed by atoms with Crippen molar-refractivity contribution in [3.05, 3.63) is 87.1 Å². The second-order valence-electron chi connectivity index (χ2n) is 6.66. The summed E-state index contributed by atoms with van der Waals surface area (Å²) in [7, 11) is 1.60. The molecule has 0 aromatic heterocycles. The van der Waals surface area contributed by atoms with E-state index in [4.69, 9.17) is 9.47 Å². The zero-order chi connectivity index (χ0) is 20.1. The van der Waals surface area contributed by atoms with Crippen molar-refractivity contribution in [2.45, 2.75) is 27.0 Å². The third kappa shape index (κ3) is 4.84. The van der Waals surface area contributed by atoms with E-state index in [-0.39, 0.29) is 12.4 Å². The van der Waals surface area contributed by atoms with Crippen molar-refractivity contribution in [2.75, 3.05) is 12.4 Å². The molecule has 0 aliphatic rings. The van der Waals surface area contributed by atoms with Gasteiger partial charge in [-0.15, -0.1) is 0 Å². The summed E-state index contributed by atoms with van der Waals surface area (Å²) in [5.74, 6) is 0.872. The van der Waals surface area contributed by atoms with Gasteiger partial charge in [0, 0.05) is 17.8 Å². The standard InChI is InChI=1S/C23H23BrFNO2/c1-15-8-9-16(2)21(10-15)26-13-17-11-19(24)23(22(12-17)27-3)28-14-18-6-4-5-7-20(18)25/h4-12,26H,13-14H2,1-3H3. The van der Waals surface area contributed by atoms with Gasteiger partial charge in [0.15, 0.2) is 11.5 Å². The number of benzene rings is 3. The highest BCUT2D eigenvalue weighted by atomic mass is 79.9. The third-order valence-corrected chi connectivity index (χ3v) is 5.08. The number of ether oxygens (including phenoxy) is 2. The Bertz CT molecular complexity index is 975. The van der Waals surface area contributed by atoms with Crippen molar-refractivity contribution in [1.29, 1.82) is 0 Å². The Hall–Kier alpha value is -2.53. The van der Waals surface area contributed by atoms with Crippen LogP contribution in [-0.4, -0.2) is 7.11 Å². The van der Waals surface area contributed by atoms with Gasteiger partial charge in [-0.25, -0.2) is 4.39 Å². The lowest BCUT2D eigenvalue weighted by Gasteiger charge is -2.16. The van der Waals surface area contributed by atoms with Crippen LogP contribution in [0.3, 0.4) is 0 Å². The van der Waals surface area contributed by atoms with Crippen molar-refractivity contribution in [3.63, 3.8) is 0 Å². The molecule has 0 fully saturated rings. The summed E-state index contributed by atoms with van der Waals surface area (Å²) in [5.41, 5.74) is 5.06. The minimum Gasteiger partial charge on any atom is -0.493 e. The smallest absolute Gasteiger partial charge is 0.175 e. The van der Waals surface area contributed by atoms with Gasteiger partial charge in [0.05, 0.1) is 11.6 Å². The SMILES string of the molecule is COc1cc(CNc2cc(C)ccc2C)cc(Br)c1OCc1ccccc1F. The summed E-state index contributed by atoms with van der Waals surface area (Å²) in [6.07, 6.45) is 0. The first kappa shape index (κ1) is 20.2. The fraction of sp³-hybridized carbons (Fsp3) is 0.217. The largest absolute Gasteiger partial charge is 0.493 e. The Morgan fingerprint density at radius 1 is 1.04 bits per heavy atom. The Morgan fingerprint density at radius 3 is 2.57 bits per heavy atom. The lowest BCUT2D eigenvalue weighted by molar-refractivity contribution is 0.277. The third-order valence-electron chi connectivity index (χ3n) is 4.50. The van der Waals surface area contributed by atoms with E-state index in [0.29, 0.717) is 23.6 Å².